The summed E-state index contributed by atoms with van der Waals surface area (Å²) in [7, 11) is 0. The SMILES string of the molecule is CC1(C)[C@H]2Cc3c(O)cccc3[C@]1(C)CCN2C(=O)N1CCCC2(CCCCC2=O)C1. The number of ketones is 1. The number of amides is 2. The van der Waals surface area contributed by atoms with Crippen LogP contribution in [0.4, 0.5) is 4.79 Å². The second kappa shape index (κ2) is 6.98. The first-order valence-corrected chi connectivity index (χ1v) is 12.1. The summed E-state index contributed by atoms with van der Waals surface area (Å²) in [6, 6.07) is 6.01. The van der Waals surface area contributed by atoms with Crippen LogP contribution < -0.4 is 0 Å². The molecular formula is C26H36N2O3. The minimum atomic E-state index is -0.302. The number of piperidine rings is 2. The highest BCUT2D eigenvalue weighted by Gasteiger charge is 2.58. The van der Waals surface area contributed by atoms with E-state index in [0.29, 0.717) is 30.9 Å². The number of fused-ring (bicyclic) bond motifs is 4. The highest BCUT2D eigenvalue weighted by atomic mass is 16.3. The molecular weight excluding hydrogens is 388 g/mol. The molecule has 5 heteroatoms. The van der Waals surface area contributed by atoms with Crippen molar-refractivity contribution in [1.29, 1.82) is 0 Å². The van der Waals surface area contributed by atoms with Gasteiger partial charge in [-0.2, -0.15) is 0 Å². The Morgan fingerprint density at radius 2 is 1.84 bits per heavy atom. The Labute approximate surface area is 185 Å². The van der Waals surface area contributed by atoms with E-state index in [1.807, 2.05) is 11.0 Å². The zero-order valence-corrected chi connectivity index (χ0v) is 19.2. The van der Waals surface area contributed by atoms with Gasteiger partial charge in [0.2, 0.25) is 0 Å². The van der Waals surface area contributed by atoms with Crippen LogP contribution in [0.25, 0.3) is 0 Å². The topological polar surface area (TPSA) is 60.9 Å². The fourth-order valence-electron chi connectivity index (χ4n) is 7.22. The van der Waals surface area contributed by atoms with Crippen LogP contribution in [0.5, 0.6) is 5.75 Å². The highest BCUT2D eigenvalue weighted by Crippen LogP contribution is 2.57. The maximum absolute atomic E-state index is 13.9. The van der Waals surface area contributed by atoms with Crippen molar-refractivity contribution in [1.82, 2.24) is 9.80 Å². The summed E-state index contributed by atoms with van der Waals surface area (Å²) in [6.07, 6.45) is 7.13. The molecule has 1 aromatic carbocycles. The lowest BCUT2D eigenvalue weighted by Crippen LogP contribution is -2.67. The standard InChI is InChI=1S/C26H36N2O3/c1-24(2)21-16-18-19(8-6-9-20(18)29)25(24,3)13-15-28(21)23(31)27-14-7-12-26(17-27)11-5-4-10-22(26)30/h6,8-9,21,29H,4-5,7,10-17H2,1-3H3/t21-,25+,26?/m1/s1. The van der Waals surface area contributed by atoms with Gasteiger partial charge in [-0.15, -0.1) is 0 Å². The number of carbonyl (C=O) groups excluding carboxylic acids is 2. The fraction of sp³-hybridized carbons (Fsp3) is 0.692. The van der Waals surface area contributed by atoms with Crippen molar-refractivity contribution in [2.24, 2.45) is 10.8 Å². The first-order chi connectivity index (χ1) is 14.7. The van der Waals surface area contributed by atoms with Crippen molar-refractivity contribution in [3.8, 4) is 5.75 Å². The van der Waals surface area contributed by atoms with Crippen molar-refractivity contribution in [2.45, 2.75) is 83.6 Å². The van der Waals surface area contributed by atoms with Crippen molar-refractivity contribution in [3.63, 3.8) is 0 Å². The third-order valence-electron chi connectivity index (χ3n) is 9.62. The molecule has 1 unspecified atom stereocenters. The number of hydrogen-bond donors (Lipinski definition) is 1. The number of carbonyl (C=O) groups is 2. The van der Waals surface area contributed by atoms with Gasteiger partial charge in [0.1, 0.15) is 11.5 Å². The fourth-order valence-corrected chi connectivity index (χ4v) is 7.22. The number of likely N-dealkylation sites (tertiary alicyclic amines) is 2. The smallest absolute Gasteiger partial charge is 0.320 e. The van der Waals surface area contributed by atoms with Gasteiger partial charge in [0, 0.05) is 42.9 Å². The van der Waals surface area contributed by atoms with E-state index in [-0.39, 0.29) is 28.3 Å². The molecule has 4 aliphatic rings. The molecule has 2 aliphatic carbocycles. The van der Waals surface area contributed by atoms with Gasteiger partial charge in [0.15, 0.2) is 0 Å². The summed E-state index contributed by atoms with van der Waals surface area (Å²) in [5, 5.41) is 10.6. The van der Waals surface area contributed by atoms with Crippen LogP contribution in [0.15, 0.2) is 18.2 Å². The highest BCUT2D eigenvalue weighted by molar-refractivity contribution is 5.87. The maximum atomic E-state index is 13.9. The van der Waals surface area contributed by atoms with Crippen LogP contribution in [0.3, 0.4) is 0 Å². The first-order valence-electron chi connectivity index (χ1n) is 12.1. The first kappa shape index (κ1) is 20.8. The Morgan fingerprint density at radius 3 is 2.61 bits per heavy atom. The molecule has 5 rings (SSSR count). The largest absolute Gasteiger partial charge is 0.508 e. The number of Topliss-reactive ketones (excluding diaryl/α,β-unsaturated/α-hetero) is 1. The number of hydrogen-bond acceptors (Lipinski definition) is 3. The zero-order valence-electron chi connectivity index (χ0n) is 19.2. The van der Waals surface area contributed by atoms with Gasteiger partial charge in [-0.3, -0.25) is 4.79 Å². The van der Waals surface area contributed by atoms with Crippen molar-refractivity contribution < 1.29 is 14.7 Å². The molecule has 2 heterocycles. The summed E-state index contributed by atoms with van der Waals surface area (Å²) < 4.78 is 0. The van der Waals surface area contributed by atoms with Gasteiger partial charge in [-0.1, -0.05) is 39.3 Å². The van der Waals surface area contributed by atoms with E-state index in [9.17, 15) is 14.7 Å². The van der Waals surface area contributed by atoms with Crippen LogP contribution in [0, 0.1) is 10.8 Å². The average molecular weight is 425 g/mol. The molecule has 168 valence electrons. The van der Waals surface area contributed by atoms with Crippen LogP contribution in [-0.4, -0.2) is 52.4 Å². The van der Waals surface area contributed by atoms with Crippen LogP contribution in [-0.2, 0) is 16.6 Å². The third-order valence-corrected chi connectivity index (χ3v) is 9.62. The van der Waals surface area contributed by atoms with Gasteiger partial charge in [-0.05, 0) is 61.1 Å². The molecule has 0 radical (unpaired) electrons. The number of urea groups is 1. The lowest BCUT2D eigenvalue weighted by molar-refractivity contribution is -0.134. The number of benzene rings is 1. The van der Waals surface area contributed by atoms with E-state index in [0.717, 1.165) is 57.2 Å². The van der Waals surface area contributed by atoms with Crippen LogP contribution in [0.2, 0.25) is 0 Å². The summed E-state index contributed by atoms with van der Waals surface area (Å²) in [4.78, 5) is 30.7. The van der Waals surface area contributed by atoms with E-state index in [1.165, 1.54) is 5.56 Å². The van der Waals surface area contributed by atoms with Crippen LogP contribution >= 0.6 is 0 Å². The second-order valence-electron chi connectivity index (χ2n) is 11.2. The van der Waals surface area contributed by atoms with Crippen molar-refractivity contribution in [2.75, 3.05) is 19.6 Å². The van der Waals surface area contributed by atoms with E-state index in [1.54, 1.807) is 6.07 Å². The maximum Gasteiger partial charge on any atom is 0.320 e. The molecule has 1 spiro atoms. The Balaban J connectivity index is 1.45. The molecule has 1 N–H and O–H groups in total. The molecule has 2 bridgehead atoms. The monoisotopic (exact) mass is 424 g/mol. The van der Waals surface area contributed by atoms with E-state index in [2.05, 4.69) is 31.7 Å². The molecule has 0 aromatic heterocycles. The van der Waals surface area contributed by atoms with Gasteiger partial charge in [-0.25, -0.2) is 4.79 Å². The van der Waals surface area contributed by atoms with Gasteiger partial charge in [0.05, 0.1) is 0 Å². The summed E-state index contributed by atoms with van der Waals surface area (Å²) in [6.45, 7) is 8.94. The van der Waals surface area contributed by atoms with E-state index in [4.69, 9.17) is 0 Å². The van der Waals surface area contributed by atoms with E-state index >= 15 is 0 Å². The minimum absolute atomic E-state index is 0.0412. The van der Waals surface area contributed by atoms with Gasteiger partial charge in [0.25, 0.3) is 0 Å². The van der Waals surface area contributed by atoms with Crippen molar-refractivity contribution in [3.05, 3.63) is 29.3 Å². The number of phenols is 1. The normalized spacial score (nSPS) is 34.5. The molecule has 1 aromatic rings. The number of rotatable bonds is 0. The number of phenolic OH excluding ortho intramolecular Hbond substituents is 1. The van der Waals surface area contributed by atoms with Gasteiger partial charge < -0.3 is 14.9 Å². The number of aromatic hydroxyl groups is 1. The summed E-state index contributed by atoms with van der Waals surface area (Å²) in [5.41, 5.74) is 1.76. The van der Waals surface area contributed by atoms with Crippen LogP contribution in [0.1, 0.15) is 76.8 Å². The predicted molar refractivity (Wildman–Crippen MR) is 120 cm³/mol. The summed E-state index contributed by atoms with van der Waals surface area (Å²) >= 11 is 0. The lowest BCUT2D eigenvalue weighted by atomic mass is 9.51. The Kier molecular flexibility index (Phi) is 4.69. The Morgan fingerprint density at radius 1 is 1.06 bits per heavy atom. The quantitative estimate of drug-likeness (QED) is 0.659. The molecule has 2 aliphatic heterocycles. The molecule has 3 atom stereocenters. The second-order valence-corrected chi connectivity index (χ2v) is 11.2. The molecule has 3 fully saturated rings. The predicted octanol–water partition coefficient (Wildman–Crippen LogP) is 4.65. The summed E-state index contributed by atoms with van der Waals surface area (Å²) in [5.74, 6) is 0.725. The molecule has 2 saturated heterocycles. The van der Waals surface area contributed by atoms with E-state index < -0.39 is 0 Å². The van der Waals surface area contributed by atoms with Crippen molar-refractivity contribution >= 4 is 11.8 Å². The number of nitrogens with zero attached hydrogens (tertiary/aromatic N) is 2. The molecule has 31 heavy (non-hydrogen) atoms. The lowest BCUT2D eigenvalue weighted by Gasteiger charge is -2.61. The van der Waals surface area contributed by atoms with Gasteiger partial charge >= 0.3 is 6.03 Å². The molecule has 1 saturated carbocycles. The Hall–Kier alpha value is -2.04. The zero-order chi connectivity index (χ0) is 22.0. The third kappa shape index (κ3) is 2.87. The Bertz CT molecular complexity index is 921. The molecule has 5 nitrogen and oxygen atoms in total. The minimum Gasteiger partial charge on any atom is -0.508 e. The molecule has 2 amide bonds. The average Bonchev–Trinajstić information content (AvgIpc) is 2.73.